The van der Waals surface area contributed by atoms with Gasteiger partial charge in [-0.05, 0) is 25.0 Å². The summed E-state index contributed by atoms with van der Waals surface area (Å²) in [7, 11) is 0. The van der Waals surface area contributed by atoms with Gasteiger partial charge in [-0.3, -0.25) is 5.10 Å². The van der Waals surface area contributed by atoms with Gasteiger partial charge in [0.25, 0.3) is 0 Å². The van der Waals surface area contributed by atoms with E-state index in [1.807, 2.05) is 13.8 Å². The van der Waals surface area contributed by atoms with E-state index >= 15 is 0 Å². The monoisotopic (exact) mass is 345 g/mol. The number of rotatable bonds is 4. The first-order valence-electron chi connectivity index (χ1n) is 7.22. The molecular formula is C16H15N3O4S. The van der Waals surface area contributed by atoms with Crippen LogP contribution >= 0.6 is 11.3 Å². The number of benzene rings is 1. The van der Waals surface area contributed by atoms with Gasteiger partial charge in [0.1, 0.15) is 22.2 Å². The summed E-state index contributed by atoms with van der Waals surface area (Å²) in [6.45, 7) is 3.74. The standard InChI is InChI=1S/C16H15N3O4S/c1-3-8-4-9(11(21)5-10(8)20)13-12(14(16(22)23)19-18-13)15-17-6-7(2)24-15/h4-6,20-21H,3H2,1-2H3,(H,18,19)(H,22,23). The summed E-state index contributed by atoms with van der Waals surface area (Å²) < 4.78 is 0. The molecule has 4 N–H and O–H groups in total. The molecule has 0 aliphatic carbocycles. The van der Waals surface area contributed by atoms with Crippen LogP contribution in [0, 0.1) is 6.92 Å². The lowest BCUT2D eigenvalue weighted by Gasteiger charge is -2.08. The fourth-order valence-electron chi connectivity index (χ4n) is 2.47. The van der Waals surface area contributed by atoms with E-state index in [0.29, 0.717) is 28.1 Å². The number of aromatic nitrogens is 3. The second-order valence-electron chi connectivity index (χ2n) is 5.26. The normalized spacial score (nSPS) is 10.9. The third kappa shape index (κ3) is 2.61. The SMILES string of the molecule is CCc1cc(-c2n[nH]c(C(=O)O)c2-c2ncc(C)s2)c(O)cc1O. The average molecular weight is 345 g/mol. The van der Waals surface area contributed by atoms with Gasteiger partial charge < -0.3 is 15.3 Å². The first-order valence-corrected chi connectivity index (χ1v) is 8.03. The Labute approximate surface area is 141 Å². The summed E-state index contributed by atoms with van der Waals surface area (Å²) in [6.07, 6.45) is 2.21. The summed E-state index contributed by atoms with van der Waals surface area (Å²) in [5, 5.41) is 36.6. The van der Waals surface area contributed by atoms with Crippen molar-refractivity contribution < 1.29 is 20.1 Å². The molecule has 7 nitrogen and oxygen atoms in total. The Bertz CT molecular complexity index is 930. The topological polar surface area (TPSA) is 119 Å². The molecule has 0 radical (unpaired) electrons. The molecular weight excluding hydrogens is 330 g/mol. The van der Waals surface area contributed by atoms with Gasteiger partial charge in [0.2, 0.25) is 0 Å². The number of aromatic carboxylic acids is 1. The first kappa shape index (κ1) is 16.0. The Hall–Kier alpha value is -2.87. The van der Waals surface area contributed by atoms with Gasteiger partial charge in [-0.2, -0.15) is 5.10 Å². The maximum absolute atomic E-state index is 11.5. The Balaban J connectivity index is 2.28. The molecule has 2 aromatic heterocycles. The third-order valence-electron chi connectivity index (χ3n) is 3.65. The molecule has 0 saturated carbocycles. The molecule has 2 heterocycles. The summed E-state index contributed by atoms with van der Waals surface area (Å²) in [5.41, 5.74) is 1.49. The lowest BCUT2D eigenvalue weighted by molar-refractivity contribution is 0.0691. The van der Waals surface area contributed by atoms with Gasteiger partial charge in [-0.1, -0.05) is 6.92 Å². The van der Waals surface area contributed by atoms with E-state index in [4.69, 9.17) is 0 Å². The van der Waals surface area contributed by atoms with E-state index in [2.05, 4.69) is 15.2 Å². The minimum Gasteiger partial charge on any atom is -0.508 e. The smallest absolute Gasteiger partial charge is 0.354 e. The molecule has 0 bridgehead atoms. The van der Waals surface area contributed by atoms with Crippen LogP contribution in [0.1, 0.15) is 27.9 Å². The molecule has 0 fully saturated rings. The minimum atomic E-state index is -1.16. The van der Waals surface area contributed by atoms with Crippen molar-refractivity contribution in [2.24, 2.45) is 0 Å². The molecule has 0 spiro atoms. The van der Waals surface area contributed by atoms with Gasteiger partial charge in [0.15, 0.2) is 5.69 Å². The molecule has 1 aromatic carbocycles. The quantitative estimate of drug-likeness (QED) is 0.576. The zero-order valence-corrected chi connectivity index (χ0v) is 13.8. The van der Waals surface area contributed by atoms with Crippen molar-refractivity contribution >= 4 is 17.3 Å². The van der Waals surface area contributed by atoms with Gasteiger partial charge in [0, 0.05) is 22.7 Å². The summed E-state index contributed by atoms with van der Waals surface area (Å²) in [5.74, 6) is -1.35. The van der Waals surface area contributed by atoms with Gasteiger partial charge in [-0.25, -0.2) is 9.78 Å². The second kappa shape index (κ2) is 5.97. The van der Waals surface area contributed by atoms with Gasteiger partial charge in [0.05, 0.1) is 5.56 Å². The predicted octanol–water partition coefficient (Wildman–Crippen LogP) is 3.18. The predicted molar refractivity (Wildman–Crippen MR) is 89.5 cm³/mol. The number of thiazole rings is 1. The van der Waals surface area contributed by atoms with Crippen molar-refractivity contribution in [3.05, 3.63) is 34.5 Å². The van der Waals surface area contributed by atoms with Crippen molar-refractivity contribution in [2.45, 2.75) is 20.3 Å². The number of aryl methyl sites for hydroxylation is 2. The number of carbonyl (C=O) groups is 1. The number of aromatic amines is 1. The fraction of sp³-hybridized carbons (Fsp3) is 0.188. The van der Waals surface area contributed by atoms with E-state index in [-0.39, 0.29) is 22.9 Å². The number of nitrogens with one attached hydrogen (secondary N) is 1. The Morgan fingerprint density at radius 1 is 1.29 bits per heavy atom. The highest BCUT2D eigenvalue weighted by Gasteiger charge is 2.25. The van der Waals surface area contributed by atoms with Crippen molar-refractivity contribution in [3.8, 4) is 33.3 Å². The van der Waals surface area contributed by atoms with Crippen LogP contribution in [-0.2, 0) is 6.42 Å². The summed E-state index contributed by atoms with van der Waals surface area (Å²) in [6, 6.07) is 2.84. The number of phenolic OH excluding ortho intramolecular Hbond substituents is 2. The highest BCUT2D eigenvalue weighted by molar-refractivity contribution is 7.15. The maximum atomic E-state index is 11.5. The lowest BCUT2D eigenvalue weighted by Crippen LogP contribution is -1.99. The molecule has 0 aliphatic heterocycles. The molecule has 0 saturated heterocycles. The van der Waals surface area contributed by atoms with E-state index in [1.165, 1.54) is 17.4 Å². The molecule has 0 unspecified atom stereocenters. The number of hydrogen-bond acceptors (Lipinski definition) is 6. The van der Waals surface area contributed by atoms with Crippen molar-refractivity contribution in [3.63, 3.8) is 0 Å². The largest absolute Gasteiger partial charge is 0.508 e. The maximum Gasteiger partial charge on any atom is 0.354 e. The lowest BCUT2D eigenvalue weighted by atomic mass is 10.0. The van der Waals surface area contributed by atoms with Crippen LogP contribution in [0.5, 0.6) is 11.5 Å². The van der Waals surface area contributed by atoms with E-state index in [9.17, 15) is 20.1 Å². The zero-order chi connectivity index (χ0) is 17.4. The number of nitrogens with zero attached hydrogens (tertiary/aromatic N) is 2. The Morgan fingerprint density at radius 2 is 2.04 bits per heavy atom. The van der Waals surface area contributed by atoms with Crippen LogP contribution in [0.4, 0.5) is 0 Å². The number of carboxylic acids is 1. The number of aromatic hydroxyl groups is 2. The van der Waals surface area contributed by atoms with Gasteiger partial charge >= 0.3 is 5.97 Å². The number of H-pyrrole nitrogens is 1. The molecule has 3 rings (SSSR count). The van der Waals surface area contributed by atoms with Crippen molar-refractivity contribution in [1.29, 1.82) is 0 Å². The average Bonchev–Trinajstić information content (AvgIpc) is 3.13. The number of phenols is 2. The molecule has 3 aromatic rings. The highest BCUT2D eigenvalue weighted by Crippen LogP contribution is 2.41. The van der Waals surface area contributed by atoms with E-state index in [1.54, 1.807) is 12.3 Å². The highest BCUT2D eigenvalue weighted by atomic mass is 32.1. The van der Waals surface area contributed by atoms with Crippen LogP contribution in [0.25, 0.3) is 21.8 Å². The molecule has 24 heavy (non-hydrogen) atoms. The van der Waals surface area contributed by atoms with Crippen LogP contribution < -0.4 is 0 Å². The zero-order valence-electron chi connectivity index (χ0n) is 13.0. The number of hydrogen-bond donors (Lipinski definition) is 4. The van der Waals surface area contributed by atoms with Gasteiger partial charge in [-0.15, -0.1) is 11.3 Å². The number of carboxylic acid groups (broad SMARTS) is 1. The van der Waals surface area contributed by atoms with Crippen molar-refractivity contribution in [2.75, 3.05) is 0 Å². The molecule has 0 amide bonds. The van der Waals surface area contributed by atoms with E-state index in [0.717, 1.165) is 4.88 Å². The van der Waals surface area contributed by atoms with Crippen LogP contribution in [0.2, 0.25) is 0 Å². The summed E-state index contributed by atoms with van der Waals surface area (Å²) >= 11 is 1.34. The van der Waals surface area contributed by atoms with E-state index < -0.39 is 5.97 Å². The Kier molecular flexibility index (Phi) is 3.98. The fourth-order valence-corrected chi connectivity index (χ4v) is 3.28. The third-order valence-corrected chi connectivity index (χ3v) is 4.58. The van der Waals surface area contributed by atoms with Crippen LogP contribution in [0.15, 0.2) is 18.3 Å². The molecule has 8 heteroatoms. The first-order chi connectivity index (χ1) is 11.4. The molecule has 124 valence electrons. The van der Waals surface area contributed by atoms with Crippen LogP contribution in [0.3, 0.4) is 0 Å². The molecule has 0 atom stereocenters. The second-order valence-corrected chi connectivity index (χ2v) is 6.49. The van der Waals surface area contributed by atoms with Crippen LogP contribution in [-0.4, -0.2) is 36.5 Å². The summed E-state index contributed by atoms with van der Waals surface area (Å²) in [4.78, 5) is 16.7. The molecule has 0 aliphatic rings. The Morgan fingerprint density at radius 3 is 2.62 bits per heavy atom. The minimum absolute atomic E-state index is 0.0145. The van der Waals surface area contributed by atoms with Crippen molar-refractivity contribution in [1.82, 2.24) is 15.2 Å².